The standard InChI is InChI=1S/C18H23N5O4/c1-12-13(2)21-11-23(18(12)25)10-15(24)22-8-4-5-14(9-22)27-17-16(26-3)19-6-7-20-17/h6-7,11,14H,4-5,8-10H2,1-3H3. The predicted octanol–water partition coefficient (Wildman–Crippen LogP) is 0.729. The van der Waals surface area contributed by atoms with Crippen LogP contribution in [0.25, 0.3) is 0 Å². The van der Waals surface area contributed by atoms with E-state index in [2.05, 4.69) is 15.0 Å². The summed E-state index contributed by atoms with van der Waals surface area (Å²) in [4.78, 5) is 39.0. The minimum atomic E-state index is -0.206. The van der Waals surface area contributed by atoms with Crippen LogP contribution in [-0.4, -0.2) is 56.6 Å². The Morgan fingerprint density at radius 2 is 1.96 bits per heavy atom. The van der Waals surface area contributed by atoms with Crippen LogP contribution in [0.3, 0.4) is 0 Å². The van der Waals surface area contributed by atoms with Gasteiger partial charge in [-0.25, -0.2) is 15.0 Å². The Morgan fingerprint density at radius 1 is 1.22 bits per heavy atom. The van der Waals surface area contributed by atoms with Crippen LogP contribution >= 0.6 is 0 Å². The third-order valence-corrected chi connectivity index (χ3v) is 4.66. The van der Waals surface area contributed by atoms with Gasteiger partial charge in [0.25, 0.3) is 17.3 Å². The van der Waals surface area contributed by atoms with Crippen molar-refractivity contribution in [1.29, 1.82) is 0 Å². The van der Waals surface area contributed by atoms with E-state index in [4.69, 9.17) is 9.47 Å². The molecule has 9 nitrogen and oxygen atoms in total. The molecule has 0 N–H and O–H groups in total. The largest absolute Gasteiger partial charge is 0.477 e. The van der Waals surface area contributed by atoms with E-state index in [-0.39, 0.29) is 24.1 Å². The van der Waals surface area contributed by atoms with Gasteiger partial charge in [0.05, 0.1) is 20.0 Å². The van der Waals surface area contributed by atoms with Crippen LogP contribution in [0.4, 0.5) is 0 Å². The smallest absolute Gasteiger partial charge is 0.278 e. The number of rotatable bonds is 5. The molecule has 1 amide bonds. The Kier molecular flexibility index (Phi) is 5.68. The average Bonchev–Trinajstić information content (AvgIpc) is 2.69. The third kappa shape index (κ3) is 4.24. The Balaban J connectivity index is 1.66. The highest BCUT2D eigenvalue weighted by molar-refractivity contribution is 5.76. The monoisotopic (exact) mass is 373 g/mol. The molecule has 144 valence electrons. The molecule has 0 spiro atoms. The Hall–Kier alpha value is -2.97. The van der Waals surface area contributed by atoms with E-state index >= 15 is 0 Å². The summed E-state index contributed by atoms with van der Waals surface area (Å²) in [5, 5.41) is 0. The van der Waals surface area contributed by atoms with Crippen LogP contribution in [0.5, 0.6) is 11.8 Å². The molecule has 1 atom stereocenters. The van der Waals surface area contributed by atoms with Gasteiger partial charge in [-0.1, -0.05) is 0 Å². The van der Waals surface area contributed by atoms with Crippen molar-refractivity contribution in [3.05, 3.63) is 40.3 Å². The summed E-state index contributed by atoms with van der Waals surface area (Å²) >= 11 is 0. The molecule has 3 rings (SSSR count). The van der Waals surface area contributed by atoms with Crippen molar-refractivity contribution in [2.24, 2.45) is 0 Å². The first-order valence-corrected chi connectivity index (χ1v) is 8.81. The second kappa shape index (κ2) is 8.15. The maximum Gasteiger partial charge on any atom is 0.278 e. The normalized spacial score (nSPS) is 16.9. The maximum absolute atomic E-state index is 12.7. The fourth-order valence-electron chi connectivity index (χ4n) is 2.99. The summed E-state index contributed by atoms with van der Waals surface area (Å²) in [6, 6.07) is 0. The highest BCUT2D eigenvalue weighted by atomic mass is 16.5. The van der Waals surface area contributed by atoms with Gasteiger partial charge in [-0.2, -0.15) is 0 Å². The summed E-state index contributed by atoms with van der Waals surface area (Å²) in [5.74, 6) is 0.490. The number of carbonyl (C=O) groups excluding carboxylic acids is 1. The molecule has 9 heteroatoms. The van der Waals surface area contributed by atoms with Gasteiger partial charge in [0.1, 0.15) is 12.6 Å². The van der Waals surface area contributed by atoms with Crippen molar-refractivity contribution < 1.29 is 14.3 Å². The predicted molar refractivity (Wildman–Crippen MR) is 96.8 cm³/mol. The molecule has 2 aromatic rings. The van der Waals surface area contributed by atoms with Crippen LogP contribution < -0.4 is 15.0 Å². The zero-order valence-electron chi connectivity index (χ0n) is 15.7. The molecule has 1 unspecified atom stereocenters. The van der Waals surface area contributed by atoms with Crippen LogP contribution in [0.2, 0.25) is 0 Å². The lowest BCUT2D eigenvalue weighted by Crippen LogP contribution is -2.46. The number of ether oxygens (including phenoxy) is 2. The first-order valence-electron chi connectivity index (χ1n) is 8.81. The second-order valence-electron chi connectivity index (χ2n) is 6.48. The Labute approximate surface area is 157 Å². The van der Waals surface area contributed by atoms with E-state index in [0.29, 0.717) is 36.1 Å². The van der Waals surface area contributed by atoms with Crippen molar-refractivity contribution in [1.82, 2.24) is 24.4 Å². The fraction of sp³-hybridized carbons (Fsp3) is 0.500. The lowest BCUT2D eigenvalue weighted by atomic mass is 10.1. The molecule has 0 saturated carbocycles. The number of aryl methyl sites for hydroxylation is 1. The number of hydrogen-bond acceptors (Lipinski definition) is 7. The molecule has 0 bridgehead atoms. The summed E-state index contributed by atoms with van der Waals surface area (Å²) in [7, 11) is 1.50. The number of aromatic nitrogens is 4. The zero-order chi connectivity index (χ0) is 19.4. The molecular formula is C18H23N5O4. The van der Waals surface area contributed by atoms with Gasteiger partial charge < -0.3 is 14.4 Å². The number of nitrogens with zero attached hydrogens (tertiary/aromatic N) is 5. The molecule has 1 fully saturated rings. The molecule has 1 aliphatic rings. The van der Waals surface area contributed by atoms with Crippen molar-refractivity contribution >= 4 is 5.91 Å². The molecular weight excluding hydrogens is 350 g/mol. The molecule has 2 aromatic heterocycles. The fourth-order valence-corrected chi connectivity index (χ4v) is 2.99. The van der Waals surface area contributed by atoms with E-state index < -0.39 is 0 Å². The van der Waals surface area contributed by atoms with Gasteiger partial charge >= 0.3 is 0 Å². The number of carbonyl (C=O) groups is 1. The van der Waals surface area contributed by atoms with Crippen LogP contribution in [0.1, 0.15) is 24.1 Å². The molecule has 27 heavy (non-hydrogen) atoms. The molecule has 1 aliphatic heterocycles. The van der Waals surface area contributed by atoms with Gasteiger partial charge in [0.15, 0.2) is 0 Å². The lowest BCUT2D eigenvalue weighted by molar-refractivity contribution is -0.134. The summed E-state index contributed by atoms with van der Waals surface area (Å²) in [5.41, 5.74) is 1.04. The highest BCUT2D eigenvalue weighted by Crippen LogP contribution is 2.23. The van der Waals surface area contributed by atoms with Crippen molar-refractivity contribution in [3.8, 4) is 11.8 Å². The topological polar surface area (TPSA) is 99.4 Å². The number of likely N-dealkylation sites (tertiary alicyclic amines) is 1. The average molecular weight is 373 g/mol. The first-order chi connectivity index (χ1) is 13.0. The summed E-state index contributed by atoms with van der Waals surface area (Å²) < 4.78 is 12.4. The molecule has 3 heterocycles. The Bertz CT molecular complexity index is 882. The minimum Gasteiger partial charge on any atom is -0.477 e. The number of methoxy groups -OCH3 is 1. The summed E-state index contributed by atoms with van der Waals surface area (Å²) in [6.07, 6.45) is 5.88. The van der Waals surface area contributed by atoms with E-state index in [1.165, 1.54) is 30.4 Å². The van der Waals surface area contributed by atoms with Gasteiger partial charge in [-0.05, 0) is 26.7 Å². The maximum atomic E-state index is 12.7. The van der Waals surface area contributed by atoms with Crippen molar-refractivity contribution in [3.63, 3.8) is 0 Å². The molecule has 1 saturated heterocycles. The van der Waals surface area contributed by atoms with Crippen LogP contribution in [-0.2, 0) is 11.3 Å². The van der Waals surface area contributed by atoms with E-state index in [1.54, 1.807) is 18.7 Å². The van der Waals surface area contributed by atoms with Gasteiger partial charge in [-0.15, -0.1) is 0 Å². The zero-order valence-corrected chi connectivity index (χ0v) is 15.7. The Morgan fingerprint density at radius 3 is 2.70 bits per heavy atom. The van der Waals surface area contributed by atoms with E-state index in [9.17, 15) is 9.59 Å². The SMILES string of the molecule is COc1nccnc1OC1CCCN(C(=O)Cn2cnc(C)c(C)c2=O)C1. The first kappa shape index (κ1) is 18.8. The van der Waals surface area contributed by atoms with Gasteiger partial charge in [0.2, 0.25) is 5.91 Å². The lowest BCUT2D eigenvalue weighted by Gasteiger charge is -2.32. The molecule has 0 aliphatic carbocycles. The minimum absolute atomic E-state index is 0.0336. The van der Waals surface area contributed by atoms with Gasteiger partial charge in [-0.3, -0.25) is 14.2 Å². The number of amides is 1. The van der Waals surface area contributed by atoms with E-state index in [0.717, 1.165) is 12.8 Å². The number of hydrogen-bond donors (Lipinski definition) is 0. The highest BCUT2D eigenvalue weighted by Gasteiger charge is 2.26. The van der Waals surface area contributed by atoms with Crippen molar-refractivity contribution in [2.45, 2.75) is 39.3 Å². The second-order valence-corrected chi connectivity index (χ2v) is 6.48. The van der Waals surface area contributed by atoms with E-state index in [1.807, 2.05) is 0 Å². The molecule has 0 radical (unpaired) electrons. The van der Waals surface area contributed by atoms with Gasteiger partial charge in [0, 0.05) is 30.2 Å². The van der Waals surface area contributed by atoms with Crippen LogP contribution in [0, 0.1) is 13.8 Å². The quantitative estimate of drug-likeness (QED) is 0.762. The third-order valence-electron chi connectivity index (χ3n) is 4.66. The number of piperidine rings is 1. The molecule has 0 aromatic carbocycles. The summed E-state index contributed by atoms with van der Waals surface area (Å²) in [6.45, 7) is 4.50. The van der Waals surface area contributed by atoms with Crippen LogP contribution in [0.15, 0.2) is 23.5 Å². The van der Waals surface area contributed by atoms with Crippen molar-refractivity contribution in [2.75, 3.05) is 20.2 Å².